The molecule has 0 saturated heterocycles. The van der Waals surface area contributed by atoms with E-state index in [2.05, 4.69) is 25.2 Å². The number of nitrogens with two attached hydrogens (primary N) is 1. The molecule has 110 valence electrons. The van der Waals surface area contributed by atoms with Crippen molar-refractivity contribution in [2.75, 3.05) is 5.32 Å². The highest BCUT2D eigenvalue weighted by molar-refractivity contribution is 5.78. The number of hydrogen-bond donors (Lipinski definition) is 2. The van der Waals surface area contributed by atoms with Crippen LogP contribution < -0.4 is 11.1 Å². The molecule has 0 radical (unpaired) electrons. The van der Waals surface area contributed by atoms with Gasteiger partial charge in [-0.1, -0.05) is 44.9 Å². The Morgan fingerprint density at radius 2 is 2.00 bits per heavy atom. The normalized spacial score (nSPS) is 22.8. The summed E-state index contributed by atoms with van der Waals surface area (Å²) in [6.07, 6.45) is 5.45. The monoisotopic (exact) mass is 274 g/mol. The zero-order valence-corrected chi connectivity index (χ0v) is 12.6. The molecular formula is C17H26N2O. The lowest BCUT2D eigenvalue weighted by molar-refractivity contribution is -0.117. The highest BCUT2D eigenvalue weighted by atomic mass is 16.1. The van der Waals surface area contributed by atoms with Crippen molar-refractivity contribution in [1.29, 1.82) is 0 Å². The number of rotatable bonds is 5. The van der Waals surface area contributed by atoms with Gasteiger partial charge in [0.15, 0.2) is 0 Å². The quantitative estimate of drug-likeness (QED) is 0.865. The van der Waals surface area contributed by atoms with Crippen molar-refractivity contribution in [1.82, 2.24) is 0 Å². The van der Waals surface area contributed by atoms with E-state index in [4.69, 9.17) is 5.73 Å². The highest BCUT2D eigenvalue weighted by Gasteiger charge is 2.27. The molecule has 0 aromatic heterocycles. The van der Waals surface area contributed by atoms with Crippen LogP contribution in [0, 0.1) is 11.8 Å². The van der Waals surface area contributed by atoms with E-state index >= 15 is 0 Å². The number of anilines is 1. The van der Waals surface area contributed by atoms with Crippen LogP contribution >= 0.6 is 0 Å². The average molecular weight is 274 g/mol. The van der Waals surface area contributed by atoms with Crippen LogP contribution in [0.4, 0.5) is 5.69 Å². The SMILES string of the molecule is CC(C)C1CCCCC1Nc1ccccc1CC(N)=O. The van der Waals surface area contributed by atoms with Gasteiger partial charge in [-0.3, -0.25) is 4.79 Å². The molecule has 1 aromatic rings. The molecule has 3 heteroatoms. The lowest BCUT2D eigenvalue weighted by atomic mass is 9.77. The Morgan fingerprint density at radius 3 is 2.70 bits per heavy atom. The van der Waals surface area contributed by atoms with E-state index in [0.717, 1.165) is 11.3 Å². The third-order valence-corrected chi connectivity index (χ3v) is 4.40. The van der Waals surface area contributed by atoms with E-state index in [1.807, 2.05) is 18.2 Å². The first kappa shape index (κ1) is 14.9. The number of nitrogens with one attached hydrogen (secondary N) is 1. The van der Waals surface area contributed by atoms with Gasteiger partial charge in [-0.05, 0) is 36.3 Å². The van der Waals surface area contributed by atoms with Crippen LogP contribution in [-0.4, -0.2) is 11.9 Å². The van der Waals surface area contributed by atoms with Gasteiger partial charge in [-0.15, -0.1) is 0 Å². The van der Waals surface area contributed by atoms with E-state index in [1.54, 1.807) is 0 Å². The molecule has 0 aliphatic heterocycles. The smallest absolute Gasteiger partial charge is 0.221 e. The van der Waals surface area contributed by atoms with Crippen LogP contribution in [0.15, 0.2) is 24.3 Å². The number of benzene rings is 1. The maximum Gasteiger partial charge on any atom is 0.221 e. The zero-order valence-electron chi connectivity index (χ0n) is 12.6. The summed E-state index contributed by atoms with van der Waals surface area (Å²) in [5.41, 5.74) is 7.42. The van der Waals surface area contributed by atoms with Gasteiger partial charge in [0.25, 0.3) is 0 Å². The van der Waals surface area contributed by atoms with Crippen molar-refractivity contribution in [3.05, 3.63) is 29.8 Å². The van der Waals surface area contributed by atoms with E-state index in [9.17, 15) is 4.79 Å². The van der Waals surface area contributed by atoms with Crippen molar-refractivity contribution in [2.24, 2.45) is 17.6 Å². The molecule has 3 nitrogen and oxygen atoms in total. The lowest BCUT2D eigenvalue weighted by Gasteiger charge is -2.36. The standard InChI is InChI=1S/C17H26N2O/c1-12(2)14-8-4-6-10-16(14)19-15-9-5-3-7-13(15)11-17(18)20/h3,5,7,9,12,14,16,19H,4,6,8,10-11H2,1-2H3,(H2,18,20). The molecule has 2 unspecified atom stereocenters. The molecule has 1 fully saturated rings. The van der Waals surface area contributed by atoms with Gasteiger partial charge in [0, 0.05) is 11.7 Å². The molecule has 2 rings (SSSR count). The molecule has 1 amide bonds. The number of hydrogen-bond acceptors (Lipinski definition) is 2. The fraction of sp³-hybridized carbons (Fsp3) is 0.588. The van der Waals surface area contributed by atoms with Crippen LogP contribution in [0.1, 0.15) is 45.1 Å². The minimum atomic E-state index is -0.275. The van der Waals surface area contributed by atoms with Crippen molar-refractivity contribution in [3.63, 3.8) is 0 Å². The second-order valence-electron chi connectivity index (χ2n) is 6.24. The highest BCUT2D eigenvalue weighted by Crippen LogP contribution is 2.33. The maximum atomic E-state index is 11.2. The minimum Gasteiger partial charge on any atom is -0.382 e. The molecule has 3 N–H and O–H groups in total. The van der Waals surface area contributed by atoms with E-state index in [1.165, 1.54) is 25.7 Å². The molecule has 0 spiro atoms. The van der Waals surface area contributed by atoms with Crippen molar-refractivity contribution in [3.8, 4) is 0 Å². The van der Waals surface area contributed by atoms with Crippen molar-refractivity contribution in [2.45, 2.75) is 52.0 Å². The number of primary amides is 1. The Kier molecular flexibility index (Phi) is 5.05. The predicted molar refractivity (Wildman–Crippen MR) is 83.5 cm³/mol. The molecule has 20 heavy (non-hydrogen) atoms. The molecule has 1 saturated carbocycles. The number of amides is 1. The number of carbonyl (C=O) groups excluding carboxylic acids is 1. The van der Waals surface area contributed by atoms with E-state index in [0.29, 0.717) is 24.3 Å². The number of para-hydroxylation sites is 1. The first-order valence-corrected chi connectivity index (χ1v) is 7.70. The van der Waals surface area contributed by atoms with Gasteiger partial charge in [-0.2, -0.15) is 0 Å². The Balaban J connectivity index is 2.13. The summed E-state index contributed by atoms with van der Waals surface area (Å²) in [6.45, 7) is 4.61. The molecular weight excluding hydrogens is 248 g/mol. The molecule has 0 bridgehead atoms. The average Bonchev–Trinajstić information content (AvgIpc) is 2.41. The maximum absolute atomic E-state index is 11.2. The van der Waals surface area contributed by atoms with Crippen LogP contribution in [-0.2, 0) is 11.2 Å². The van der Waals surface area contributed by atoms with Gasteiger partial charge in [0.05, 0.1) is 6.42 Å². The summed E-state index contributed by atoms with van der Waals surface area (Å²) in [6, 6.07) is 8.53. The first-order chi connectivity index (χ1) is 9.58. The summed E-state index contributed by atoms with van der Waals surface area (Å²) < 4.78 is 0. The fourth-order valence-corrected chi connectivity index (χ4v) is 3.34. The van der Waals surface area contributed by atoms with Crippen molar-refractivity contribution >= 4 is 11.6 Å². The van der Waals surface area contributed by atoms with Gasteiger partial charge in [0.1, 0.15) is 0 Å². The minimum absolute atomic E-state index is 0.275. The van der Waals surface area contributed by atoms with Gasteiger partial charge < -0.3 is 11.1 Å². The largest absolute Gasteiger partial charge is 0.382 e. The molecule has 0 heterocycles. The Bertz CT molecular complexity index is 456. The Hall–Kier alpha value is -1.51. The summed E-state index contributed by atoms with van der Waals surface area (Å²) >= 11 is 0. The van der Waals surface area contributed by atoms with Gasteiger partial charge in [0.2, 0.25) is 5.91 Å². The van der Waals surface area contributed by atoms with E-state index < -0.39 is 0 Å². The fourth-order valence-electron chi connectivity index (χ4n) is 3.34. The molecule has 1 aliphatic carbocycles. The van der Waals surface area contributed by atoms with Crippen molar-refractivity contribution < 1.29 is 4.79 Å². The summed E-state index contributed by atoms with van der Waals surface area (Å²) in [7, 11) is 0. The zero-order chi connectivity index (χ0) is 14.5. The van der Waals surface area contributed by atoms with Crippen LogP contribution in [0.25, 0.3) is 0 Å². The van der Waals surface area contributed by atoms with Crippen LogP contribution in [0.3, 0.4) is 0 Å². The first-order valence-electron chi connectivity index (χ1n) is 7.70. The summed E-state index contributed by atoms with van der Waals surface area (Å²) in [5, 5.41) is 3.68. The Labute approximate surface area is 121 Å². The predicted octanol–water partition coefficient (Wildman–Crippen LogP) is 3.34. The van der Waals surface area contributed by atoms with Crippen LogP contribution in [0.2, 0.25) is 0 Å². The molecule has 1 aromatic carbocycles. The van der Waals surface area contributed by atoms with Crippen LogP contribution in [0.5, 0.6) is 0 Å². The number of carbonyl (C=O) groups is 1. The lowest BCUT2D eigenvalue weighted by Crippen LogP contribution is -2.35. The third-order valence-electron chi connectivity index (χ3n) is 4.40. The summed E-state index contributed by atoms with van der Waals surface area (Å²) in [4.78, 5) is 11.2. The molecule has 2 atom stereocenters. The Morgan fingerprint density at radius 1 is 1.30 bits per heavy atom. The summed E-state index contributed by atoms with van der Waals surface area (Å²) in [5.74, 6) is 1.13. The second-order valence-corrected chi connectivity index (χ2v) is 6.24. The van der Waals surface area contributed by atoms with Gasteiger partial charge >= 0.3 is 0 Å². The topological polar surface area (TPSA) is 55.1 Å². The van der Waals surface area contributed by atoms with Gasteiger partial charge in [-0.25, -0.2) is 0 Å². The molecule has 1 aliphatic rings. The van der Waals surface area contributed by atoms with E-state index in [-0.39, 0.29) is 5.91 Å². The third kappa shape index (κ3) is 3.75. The second kappa shape index (κ2) is 6.78.